The Hall–Kier alpha value is -3.65. The molecular weight excluding hydrogens is 460 g/mol. The summed E-state index contributed by atoms with van der Waals surface area (Å²) in [5.74, 6) is -0.211. The number of aryl methyl sites for hydroxylation is 1. The molecule has 2 N–H and O–H groups in total. The van der Waals surface area contributed by atoms with E-state index >= 15 is 0 Å². The number of carboxylic acids is 1. The minimum atomic E-state index is -0.845. The highest BCUT2D eigenvalue weighted by Crippen LogP contribution is 2.56. The number of anilines is 1. The quantitative estimate of drug-likeness (QED) is 0.440. The number of benzene rings is 2. The van der Waals surface area contributed by atoms with Crippen LogP contribution in [-0.4, -0.2) is 28.9 Å². The Kier molecular flexibility index (Phi) is 6.30. The topological polar surface area (TPSA) is 111 Å². The van der Waals surface area contributed by atoms with Gasteiger partial charge in [0.1, 0.15) is 17.5 Å². The summed E-state index contributed by atoms with van der Waals surface area (Å²) in [6.07, 6.45) is 2.28. The highest BCUT2D eigenvalue weighted by atomic mass is 16.6. The zero-order valence-corrected chi connectivity index (χ0v) is 20.5. The Morgan fingerprint density at radius 2 is 1.78 bits per heavy atom. The number of rotatable bonds is 7. The Morgan fingerprint density at radius 1 is 1.08 bits per heavy atom. The van der Waals surface area contributed by atoms with E-state index in [1.807, 2.05) is 61.5 Å². The largest absolute Gasteiger partial charge is 0.481 e. The molecule has 188 valence electrons. The van der Waals surface area contributed by atoms with Crippen LogP contribution >= 0.6 is 0 Å². The maximum Gasteiger partial charge on any atom is 0.412 e. The number of aliphatic carboxylic acids is 1. The lowest BCUT2D eigenvalue weighted by Crippen LogP contribution is -2.51. The molecule has 36 heavy (non-hydrogen) atoms. The number of ether oxygens (including phenoxy) is 2. The third-order valence-corrected chi connectivity index (χ3v) is 7.60. The molecule has 1 aliphatic carbocycles. The smallest absolute Gasteiger partial charge is 0.412 e. The lowest BCUT2D eigenvalue weighted by molar-refractivity contribution is -0.167. The van der Waals surface area contributed by atoms with E-state index in [1.165, 1.54) is 0 Å². The van der Waals surface area contributed by atoms with Crippen molar-refractivity contribution in [2.45, 2.75) is 63.1 Å². The summed E-state index contributed by atoms with van der Waals surface area (Å²) in [7, 11) is 0. The number of aromatic nitrogens is 1. The van der Waals surface area contributed by atoms with E-state index in [4.69, 9.17) is 19.1 Å². The molecule has 0 unspecified atom stereocenters. The normalized spacial score (nSPS) is 23.7. The van der Waals surface area contributed by atoms with Crippen LogP contribution < -0.4 is 5.32 Å². The second kappa shape index (κ2) is 9.43. The van der Waals surface area contributed by atoms with Crippen molar-refractivity contribution in [2.75, 3.05) is 11.9 Å². The van der Waals surface area contributed by atoms with Crippen LogP contribution in [0.25, 0.3) is 0 Å². The molecule has 3 fully saturated rings. The zero-order chi connectivity index (χ0) is 25.3. The monoisotopic (exact) mass is 490 g/mol. The minimum Gasteiger partial charge on any atom is -0.481 e. The van der Waals surface area contributed by atoms with E-state index in [-0.39, 0.29) is 11.8 Å². The summed E-state index contributed by atoms with van der Waals surface area (Å²) >= 11 is 0. The summed E-state index contributed by atoms with van der Waals surface area (Å²) in [5.41, 5.74) is 3.13. The van der Waals surface area contributed by atoms with Crippen molar-refractivity contribution in [1.29, 1.82) is 0 Å². The van der Waals surface area contributed by atoms with Crippen LogP contribution in [0.3, 0.4) is 0 Å². The predicted octanol–water partition coefficient (Wildman–Crippen LogP) is 5.66. The molecule has 0 spiro atoms. The standard InChI is InChI=1S/C28H30N2O6/c1-18-24(29-26(33)35-19(2)21-6-4-3-5-7-21)25(36-30-18)27-12-14-28(15-13-27,34-17-27)22-10-8-20(9-11-22)16-23(31)32/h3-11,19H,12-17H2,1-2H3,(H,29,33)(H,31,32)/t19-,27?,28?/m1/s1. The molecule has 1 atom stereocenters. The molecular formula is C28H30N2O6. The molecule has 8 heteroatoms. The fourth-order valence-electron chi connectivity index (χ4n) is 5.43. The predicted molar refractivity (Wildman–Crippen MR) is 132 cm³/mol. The second-order valence-corrected chi connectivity index (χ2v) is 9.89. The fourth-order valence-corrected chi connectivity index (χ4v) is 5.43. The molecule has 3 aromatic rings. The molecule has 0 radical (unpaired) electrons. The molecule has 1 amide bonds. The Balaban J connectivity index is 1.29. The van der Waals surface area contributed by atoms with Gasteiger partial charge < -0.3 is 19.1 Å². The first-order valence-electron chi connectivity index (χ1n) is 12.2. The van der Waals surface area contributed by atoms with Crippen molar-refractivity contribution < 1.29 is 28.7 Å². The average molecular weight is 491 g/mol. The third kappa shape index (κ3) is 4.48. The lowest BCUT2D eigenvalue weighted by Gasteiger charge is -2.52. The Labute approximate surface area is 209 Å². The molecule has 3 heterocycles. The minimum absolute atomic E-state index is 0.00440. The zero-order valence-electron chi connectivity index (χ0n) is 20.5. The number of carbonyl (C=O) groups is 2. The summed E-state index contributed by atoms with van der Waals surface area (Å²) in [4.78, 5) is 23.7. The number of nitrogens with one attached hydrogen (secondary N) is 1. The lowest BCUT2D eigenvalue weighted by atomic mass is 9.63. The maximum absolute atomic E-state index is 12.7. The van der Waals surface area contributed by atoms with Gasteiger partial charge >= 0.3 is 12.1 Å². The molecule has 2 aromatic carbocycles. The van der Waals surface area contributed by atoms with Gasteiger partial charge in [-0.25, -0.2) is 4.79 Å². The Bertz CT molecular complexity index is 1230. The van der Waals surface area contributed by atoms with Crippen LogP contribution in [0.1, 0.15) is 66.9 Å². The van der Waals surface area contributed by atoms with Crippen LogP contribution in [-0.2, 0) is 31.7 Å². The number of hydrogen-bond acceptors (Lipinski definition) is 6. The van der Waals surface area contributed by atoms with Crippen molar-refractivity contribution in [2.24, 2.45) is 0 Å². The fraction of sp³-hybridized carbons (Fsp3) is 0.393. The molecule has 8 nitrogen and oxygen atoms in total. The van der Waals surface area contributed by atoms with E-state index in [0.717, 1.165) is 42.4 Å². The van der Waals surface area contributed by atoms with Gasteiger partial charge in [0.15, 0.2) is 5.76 Å². The van der Waals surface area contributed by atoms with E-state index in [1.54, 1.807) is 6.92 Å². The van der Waals surface area contributed by atoms with Gasteiger partial charge in [-0.05, 0) is 56.2 Å². The second-order valence-electron chi connectivity index (χ2n) is 9.89. The van der Waals surface area contributed by atoms with Crippen molar-refractivity contribution >= 4 is 17.7 Å². The van der Waals surface area contributed by atoms with E-state index in [2.05, 4.69) is 10.5 Å². The molecule has 2 aliphatic heterocycles. The number of carboxylic acid groups (broad SMARTS) is 1. The highest BCUT2D eigenvalue weighted by molar-refractivity contribution is 5.86. The van der Waals surface area contributed by atoms with Crippen molar-refractivity contribution in [3.05, 3.63) is 82.7 Å². The van der Waals surface area contributed by atoms with Crippen molar-refractivity contribution in [3.8, 4) is 0 Å². The molecule has 2 saturated heterocycles. The first-order valence-corrected chi connectivity index (χ1v) is 12.2. The number of fused-ring (bicyclic) bond motifs is 3. The highest BCUT2D eigenvalue weighted by Gasteiger charge is 2.54. The first-order chi connectivity index (χ1) is 17.3. The van der Waals surface area contributed by atoms with Crippen LogP contribution in [0, 0.1) is 6.92 Å². The molecule has 1 saturated carbocycles. The number of hydrogen-bond donors (Lipinski definition) is 2. The van der Waals surface area contributed by atoms with Crippen LogP contribution in [0.15, 0.2) is 59.1 Å². The SMILES string of the molecule is Cc1noc(C23CCC(c4ccc(CC(=O)O)cc4)(CC2)OC3)c1NC(=O)O[C@H](C)c1ccccc1. The summed E-state index contributed by atoms with van der Waals surface area (Å²) < 4.78 is 17.9. The summed E-state index contributed by atoms with van der Waals surface area (Å²) in [6.45, 7) is 4.08. The molecule has 6 rings (SSSR count). The van der Waals surface area contributed by atoms with Crippen LogP contribution in [0.5, 0.6) is 0 Å². The Morgan fingerprint density at radius 3 is 2.39 bits per heavy atom. The van der Waals surface area contributed by atoms with Gasteiger partial charge in [-0.1, -0.05) is 59.8 Å². The molecule has 3 aliphatic rings. The van der Waals surface area contributed by atoms with Gasteiger partial charge in [-0.15, -0.1) is 0 Å². The van der Waals surface area contributed by atoms with E-state index in [0.29, 0.717) is 23.7 Å². The molecule has 1 aromatic heterocycles. The first kappa shape index (κ1) is 24.1. The summed E-state index contributed by atoms with van der Waals surface area (Å²) in [6, 6.07) is 17.3. The third-order valence-electron chi connectivity index (χ3n) is 7.60. The van der Waals surface area contributed by atoms with Gasteiger partial charge in [0.2, 0.25) is 0 Å². The van der Waals surface area contributed by atoms with E-state index < -0.39 is 23.8 Å². The van der Waals surface area contributed by atoms with Crippen LogP contribution in [0.4, 0.5) is 10.5 Å². The number of carbonyl (C=O) groups excluding carboxylic acids is 1. The van der Waals surface area contributed by atoms with E-state index in [9.17, 15) is 9.59 Å². The summed E-state index contributed by atoms with van der Waals surface area (Å²) in [5, 5.41) is 16.1. The number of amides is 1. The van der Waals surface area contributed by atoms with Gasteiger partial charge in [0.25, 0.3) is 0 Å². The van der Waals surface area contributed by atoms with Crippen molar-refractivity contribution in [3.63, 3.8) is 0 Å². The maximum atomic E-state index is 12.7. The van der Waals surface area contributed by atoms with Gasteiger partial charge in [0, 0.05) is 0 Å². The van der Waals surface area contributed by atoms with Gasteiger partial charge in [0.05, 0.1) is 24.0 Å². The van der Waals surface area contributed by atoms with Crippen LogP contribution in [0.2, 0.25) is 0 Å². The van der Waals surface area contributed by atoms with Crippen molar-refractivity contribution in [1.82, 2.24) is 5.16 Å². The average Bonchev–Trinajstić information content (AvgIpc) is 3.26. The number of nitrogens with zero attached hydrogens (tertiary/aromatic N) is 1. The molecule has 2 bridgehead atoms. The van der Waals surface area contributed by atoms with Gasteiger partial charge in [-0.2, -0.15) is 0 Å². The van der Waals surface area contributed by atoms with Gasteiger partial charge in [-0.3, -0.25) is 10.1 Å².